The number of allylic oxidation sites excluding steroid dienone is 2. The molecule has 0 fully saturated rings. The first-order valence-corrected chi connectivity index (χ1v) is 12.1. The minimum atomic E-state index is 0.0383. The Morgan fingerprint density at radius 1 is 1.21 bits per heavy atom. The zero-order chi connectivity index (χ0) is 23.5. The van der Waals surface area contributed by atoms with E-state index in [1.165, 1.54) is 16.7 Å². The molecule has 0 amide bonds. The third-order valence-corrected chi connectivity index (χ3v) is 6.52. The van der Waals surface area contributed by atoms with Gasteiger partial charge in [-0.2, -0.15) is 5.10 Å². The van der Waals surface area contributed by atoms with Crippen LogP contribution in [0.5, 0.6) is 0 Å². The number of nitrogens with two attached hydrogens (primary N) is 1. The number of nitrogens with one attached hydrogen (secondary N) is 1. The van der Waals surface area contributed by atoms with E-state index in [4.69, 9.17) is 15.7 Å². The Balaban J connectivity index is 1.38. The van der Waals surface area contributed by atoms with Crippen LogP contribution in [0.1, 0.15) is 61.7 Å². The lowest BCUT2D eigenvalue weighted by molar-refractivity contribution is 0.738. The van der Waals surface area contributed by atoms with Gasteiger partial charge in [-0.15, -0.1) is 0 Å². The lowest BCUT2D eigenvalue weighted by atomic mass is 9.97. The highest BCUT2D eigenvalue weighted by atomic mass is 15.3. The molecule has 1 aliphatic heterocycles. The molecule has 0 spiro atoms. The van der Waals surface area contributed by atoms with Crippen molar-refractivity contribution in [1.82, 2.24) is 25.1 Å². The number of fused-ring (bicyclic) bond motifs is 2. The van der Waals surface area contributed by atoms with Gasteiger partial charge >= 0.3 is 0 Å². The zero-order valence-corrected chi connectivity index (χ0v) is 19.8. The second-order valence-electron chi connectivity index (χ2n) is 8.83. The summed E-state index contributed by atoms with van der Waals surface area (Å²) in [5.41, 5.74) is 14.5. The van der Waals surface area contributed by atoms with Crippen molar-refractivity contribution in [1.29, 1.82) is 0 Å². The standard InChI is InChI=1S/C27H31N7/c1-3-19(10-6-11-20-9-4-5-12-21(20)18(2)28)23-17-30-25-26(31-23)32-33-27(25)34-16-8-13-22-24(34)14-7-15-29-22/h4-5,7,9-10,12,14-15,17-18H,3,6,8,11,13,16,28H2,1-2H3,(H,31,32,33)/b19-10+. The lowest BCUT2D eigenvalue weighted by Crippen LogP contribution is -2.25. The van der Waals surface area contributed by atoms with Crippen LogP contribution in [-0.2, 0) is 12.8 Å². The maximum atomic E-state index is 6.15. The molecule has 4 heterocycles. The van der Waals surface area contributed by atoms with Gasteiger partial charge in [-0.05, 0) is 67.9 Å². The fourth-order valence-corrected chi connectivity index (χ4v) is 4.78. The smallest absolute Gasteiger partial charge is 0.183 e. The summed E-state index contributed by atoms with van der Waals surface area (Å²) in [5, 5.41) is 7.70. The number of aryl methyl sites for hydroxylation is 2. The largest absolute Gasteiger partial charge is 0.324 e. The monoisotopic (exact) mass is 453 g/mol. The number of hydrogen-bond donors (Lipinski definition) is 2. The second kappa shape index (κ2) is 9.73. The highest BCUT2D eigenvalue weighted by Crippen LogP contribution is 2.34. The van der Waals surface area contributed by atoms with Crippen LogP contribution in [-0.4, -0.2) is 31.7 Å². The van der Waals surface area contributed by atoms with Gasteiger partial charge in [-0.3, -0.25) is 10.1 Å². The van der Waals surface area contributed by atoms with Gasteiger partial charge in [0.25, 0.3) is 0 Å². The number of hydrogen-bond acceptors (Lipinski definition) is 6. The summed E-state index contributed by atoms with van der Waals surface area (Å²) in [4.78, 5) is 16.4. The SMILES string of the molecule is CC/C(=C\CCc1ccccc1C(C)N)c1cnc2c(N3CCCc4ncccc43)n[nH]c2n1. The summed E-state index contributed by atoms with van der Waals surface area (Å²) < 4.78 is 0. The van der Waals surface area contributed by atoms with Gasteiger partial charge in [0.05, 0.1) is 23.3 Å². The van der Waals surface area contributed by atoms with Crippen molar-refractivity contribution in [2.24, 2.45) is 5.73 Å². The molecule has 0 saturated heterocycles. The number of rotatable bonds is 7. The first-order valence-electron chi connectivity index (χ1n) is 12.1. The Morgan fingerprint density at radius 2 is 2.09 bits per heavy atom. The van der Waals surface area contributed by atoms with E-state index in [0.29, 0.717) is 5.65 Å². The lowest BCUT2D eigenvalue weighted by Gasteiger charge is -2.28. The summed E-state index contributed by atoms with van der Waals surface area (Å²) in [5.74, 6) is 0.817. The Morgan fingerprint density at radius 3 is 2.94 bits per heavy atom. The fourth-order valence-electron chi connectivity index (χ4n) is 4.78. The normalized spacial score (nSPS) is 14.9. The van der Waals surface area contributed by atoms with E-state index in [2.05, 4.69) is 63.4 Å². The van der Waals surface area contributed by atoms with Gasteiger partial charge in [-0.1, -0.05) is 37.3 Å². The quantitative estimate of drug-likeness (QED) is 0.395. The molecule has 0 saturated carbocycles. The molecule has 1 unspecified atom stereocenters. The molecule has 7 nitrogen and oxygen atoms in total. The van der Waals surface area contributed by atoms with Gasteiger partial charge in [0, 0.05) is 18.8 Å². The highest BCUT2D eigenvalue weighted by molar-refractivity contribution is 5.87. The highest BCUT2D eigenvalue weighted by Gasteiger charge is 2.23. The number of H-pyrrole nitrogens is 1. The minimum Gasteiger partial charge on any atom is -0.324 e. The van der Waals surface area contributed by atoms with E-state index in [1.54, 1.807) is 0 Å². The summed E-state index contributed by atoms with van der Waals surface area (Å²) in [6, 6.07) is 12.5. The topological polar surface area (TPSA) is 96.6 Å². The van der Waals surface area contributed by atoms with Crippen molar-refractivity contribution in [2.75, 3.05) is 11.4 Å². The molecule has 3 N–H and O–H groups in total. The Kier molecular flexibility index (Phi) is 6.36. The van der Waals surface area contributed by atoms with Crippen LogP contribution in [0.4, 0.5) is 11.5 Å². The van der Waals surface area contributed by atoms with Crippen LogP contribution in [0.2, 0.25) is 0 Å². The molecule has 5 rings (SSSR count). The molecular weight excluding hydrogens is 422 g/mol. The first-order chi connectivity index (χ1) is 16.7. The second-order valence-corrected chi connectivity index (χ2v) is 8.83. The third-order valence-electron chi connectivity index (χ3n) is 6.52. The molecule has 3 aromatic heterocycles. The first kappa shape index (κ1) is 22.2. The summed E-state index contributed by atoms with van der Waals surface area (Å²) in [6.07, 6.45) is 10.8. The van der Waals surface area contributed by atoms with E-state index in [-0.39, 0.29) is 6.04 Å². The third kappa shape index (κ3) is 4.31. The molecule has 0 aliphatic carbocycles. The molecule has 0 radical (unpaired) electrons. The van der Waals surface area contributed by atoms with E-state index in [1.807, 2.05) is 25.4 Å². The molecule has 7 heteroatoms. The number of aromatic nitrogens is 5. The summed E-state index contributed by atoms with van der Waals surface area (Å²) >= 11 is 0. The number of benzene rings is 1. The van der Waals surface area contributed by atoms with Crippen LogP contribution < -0.4 is 10.6 Å². The van der Waals surface area contributed by atoms with Crippen molar-refractivity contribution in [3.8, 4) is 0 Å². The van der Waals surface area contributed by atoms with Crippen molar-refractivity contribution >= 4 is 28.2 Å². The molecular formula is C27H31N7. The number of nitrogens with zero attached hydrogens (tertiary/aromatic N) is 5. The Labute approximate surface area is 200 Å². The van der Waals surface area contributed by atoms with Gasteiger partial charge in [0.1, 0.15) is 0 Å². The maximum absolute atomic E-state index is 6.15. The van der Waals surface area contributed by atoms with Gasteiger partial charge in [0.15, 0.2) is 17.0 Å². The average Bonchev–Trinajstić information content (AvgIpc) is 3.29. The summed E-state index contributed by atoms with van der Waals surface area (Å²) in [7, 11) is 0. The molecule has 34 heavy (non-hydrogen) atoms. The predicted octanol–water partition coefficient (Wildman–Crippen LogP) is 5.28. The Bertz CT molecular complexity index is 1320. The van der Waals surface area contributed by atoms with Crippen molar-refractivity contribution in [3.63, 3.8) is 0 Å². The number of anilines is 2. The molecule has 0 bridgehead atoms. The van der Waals surface area contributed by atoms with E-state index in [9.17, 15) is 0 Å². The van der Waals surface area contributed by atoms with Crippen molar-refractivity contribution < 1.29 is 0 Å². The van der Waals surface area contributed by atoms with Gasteiger partial charge in [0.2, 0.25) is 0 Å². The van der Waals surface area contributed by atoms with Crippen LogP contribution in [0, 0.1) is 0 Å². The predicted molar refractivity (Wildman–Crippen MR) is 137 cm³/mol. The molecule has 1 atom stereocenters. The molecule has 1 aliphatic rings. The maximum Gasteiger partial charge on any atom is 0.183 e. The van der Waals surface area contributed by atoms with Gasteiger partial charge < -0.3 is 10.6 Å². The average molecular weight is 454 g/mol. The Hall–Kier alpha value is -3.58. The van der Waals surface area contributed by atoms with E-state index >= 15 is 0 Å². The van der Waals surface area contributed by atoms with E-state index < -0.39 is 0 Å². The van der Waals surface area contributed by atoms with Crippen LogP contribution >= 0.6 is 0 Å². The fraction of sp³-hybridized carbons (Fsp3) is 0.333. The van der Waals surface area contributed by atoms with Crippen molar-refractivity contribution in [3.05, 3.63) is 77.4 Å². The van der Waals surface area contributed by atoms with Crippen LogP contribution in [0.15, 0.2) is 54.9 Å². The van der Waals surface area contributed by atoms with Crippen molar-refractivity contribution in [2.45, 2.75) is 52.0 Å². The minimum absolute atomic E-state index is 0.0383. The molecule has 174 valence electrons. The van der Waals surface area contributed by atoms with Crippen LogP contribution in [0.25, 0.3) is 16.7 Å². The van der Waals surface area contributed by atoms with E-state index in [0.717, 1.165) is 67.1 Å². The van der Waals surface area contributed by atoms with Gasteiger partial charge in [-0.25, -0.2) is 9.97 Å². The number of aromatic amines is 1. The molecule has 1 aromatic carbocycles. The van der Waals surface area contributed by atoms with Crippen LogP contribution in [0.3, 0.4) is 0 Å². The zero-order valence-electron chi connectivity index (χ0n) is 19.8. The number of pyridine rings is 1. The molecule has 4 aromatic rings. The summed E-state index contributed by atoms with van der Waals surface area (Å²) in [6.45, 7) is 5.09.